The molecule has 0 bridgehead atoms. The third-order valence-electron chi connectivity index (χ3n) is 11.4. The van der Waals surface area contributed by atoms with Gasteiger partial charge in [0.2, 0.25) is 23.6 Å². The van der Waals surface area contributed by atoms with E-state index in [4.69, 9.17) is 57.5 Å². The Balaban J connectivity index is 1.58. The third kappa shape index (κ3) is 33.9. The molecular weight excluding hydrogens is 993 g/mol. The highest BCUT2D eigenvalue weighted by atomic mass is 32.2. The number of ether oxygens (including phenoxy) is 10. The van der Waals surface area contributed by atoms with Crippen LogP contribution in [0.4, 0.5) is 0 Å². The highest BCUT2D eigenvalue weighted by Crippen LogP contribution is 2.24. The maximum atomic E-state index is 13.7. The number of carbonyl (C=O) groups excluding carboxylic acids is 4. The topological polar surface area (TPSA) is 253 Å². The van der Waals surface area contributed by atoms with Crippen LogP contribution in [0.5, 0.6) is 0 Å². The van der Waals surface area contributed by atoms with Crippen LogP contribution in [0.1, 0.15) is 98.4 Å². The summed E-state index contributed by atoms with van der Waals surface area (Å²) < 4.78 is 62.6. The van der Waals surface area contributed by atoms with Crippen molar-refractivity contribution in [1.29, 1.82) is 0 Å². The van der Waals surface area contributed by atoms with Gasteiger partial charge in [0.05, 0.1) is 138 Å². The van der Waals surface area contributed by atoms with Crippen molar-refractivity contribution >= 4 is 35.4 Å². The summed E-state index contributed by atoms with van der Waals surface area (Å²) in [5, 5.41) is 14.4. The number of primary amides is 1. The van der Waals surface area contributed by atoms with E-state index in [1.807, 2.05) is 34.0 Å². The van der Waals surface area contributed by atoms with Gasteiger partial charge in [-0.15, -0.1) is 10.2 Å². The van der Waals surface area contributed by atoms with Gasteiger partial charge >= 0.3 is 0 Å². The number of nitrogens with two attached hydrogens (primary N) is 1. The zero-order valence-electron chi connectivity index (χ0n) is 46.9. The minimum atomic E-state index is -0.675. The predicted molar refractivity (Wildman–Crippen MR) is 286 cm³/mol. The van der Waals surface area contributed by atoms with Crippen LogP contribution >= 0.6 is 11.8 Å². The van der Waals surface area contributed by atoms with Crippen LogP contribution in [0, 0.1) is 16.2 Å². The lowest BCUT2D eigenvalue weighted by atomic mass is 9.91. The van der Waals surface area contributed by atoms with E-state index in [2.05, 4.69) is 55.4 Å². The Morgan fingerprint density at radius 2 is 0.987 bits per heavy atom. The summed E-state index contributed by atoms with van der Waals surface area (Å²) in [6, 6.07) is 7.01. The lowest BCUT2D eigenvalue weighted by Crippen LogP contribution is -2.40. The van der Waals surface area contributed by atoms with Crippen molar-refractivity contribution in [3.63, 3.8) is 0 Å². The van der Waals surface area contributed by atoms with Crippen LogP contribution in [0.15, 0.2) is 33.9 Å². The Morgan fingerprint density at radius 3 is 1.40 bits per heavy atom. The fourth-order valence-corrected chi connectivity index (χ4v) is 6.67. The van der Waals surface area contributed by atoms with E-state index in [1.165, 1.54) is 11.8 Å². The van der Waals surface area contributed by atoms with Crippen molar-refractivity contribution in [2.75, 3.05) is 158 Å². The van der Waals surface area contributed by atoms with Gasteiger partial charge in [-0.1, -0.05) is 60.2 Å². The van der Waals surface area contributed by atoms with E-state index in [-0.39, 0.29) is 66.4 Å². The zero-order chi connectivity index (χ0) is 55.4. The standard InChI is InChI=1S/C53H92N6O15S/c1-11-50(2,3)39-72-40-51(4,5)37-55-45(61)16-20-64-24-28-68-32-34-70-30-26-66-22-18-59(48(63)43-14-12-42(13-15-43)47-57-58-49(74-47)75-10)19-23-67-27-31-71-35-33-69-29-25-65-21-17-46(62)56-38-52(6,7)41-73-53(8,9)36-44(54)60/h12-15H,11,16-41H2,1-10H3,(H2,54,60)(H,55,61)(H,56,62). The summed E-state index contributed by atoms with van der Waals surface area (Å²) >= 11 is 1.35. The summed E-state index contributed by atoms with van der Waals surface area (Å²) in [6.45, 7) is 27.0. The molecule has 2 aromatic rings. The largest absolute Gasteiger partial charge is 0.411 e. The van der Waals surface area contributed by atoms with E-state index in [0.717, 1.165) is 6.42 Å². The Hall–Kier alpha value is -3.81. The maximum absolute atomic E-state index is 13.7. The smallest absolute Gasteiger partial charge is 0.276 e. The molecule has 430 valence electrons. The highest BCUT2D eigenvalue weighted by Gasteiger charge is 2.27. The number of rotatable bonds is 47. The number of nitrogens with zero attached hydrogens (tertiary/aromatic N) is 3. The van der Waals surface area contributed by atoms with Crippen molar-refractivity contribution in [2.45, 2.75) is 98.8 Å². The van der Waals surface area contributed by atoms with E-state index in [9.17, 15) is 19.2 Å². The predicted octanol–water partition coefficient (Wildman–Crippen LogP) is 5.22. The first-order valence-electron chi connectivity index (χ1n) is 26.1. The van der Waals surface area contributed by atoms with Gasteiger partial charge in [-0.3, -0.25) is 19.2 Å². The van der Waals surface area contributed by atoms with Gasteiger partial charge in [0.1, 0.15) is 0 Å². The summed E-state index contributed by atoms with van der Waals surface area (Å²) in [5.74, 6) is -0.411. The average molecular weight is 1090 g/mol. The van der Waals surface area contributed by atoms with Gasteiger partial charge in [0.25, 0.3) is 11.1 Å². The fraction of sp³-hybridized carbons (Fsp3) is 0.774. The Morgan fingerprint density at radius 1 is 0.573 bits per heavy atom. The van der Waals surface area contributed by atoms with Gasteiger partial charge in [-0.25, -0.2) is 0 Å². The summed E-state index contributed by atoms with van der Waals surface area (Å²) in [4.78, 5) is 51.2. The van der Waals surface area contributed by atoms with Crippen molar-refractivity contribution in [1.82, 2.24) is 25.7 Å². The van der Waals surface area contributed by atoms with Gasteiger partial charge < -0.3 is 73.1 Å². The monoisotopic (exact) mass is 1080 g/mol. The molecule has 0 fully saturated rings. The average Bonchev–Trinajstić information content (AvgIpc) is 3.85. The van der Waals surface area contributed by atoms with E-state index in [1.54, 1.807) is 29.2 Å². The molecular formula is C53H92N6O15S. The van der Waals surface area contributed by atoms with Crippen LogP contribution in [0.25, 0.3) is 11.5 Å². The van der Waals surface area contributed by atoms with Gasteiger partial charge in [0, 0.05) is 61.0 Å². The number of benzene rings is 1. The molecule has 4 N–H and O–H groups in total. The molecule has 0 aliphatic heterocycles. The number of aromatic nitrogens is 2. The first-order valence-corrected chi connectivity index (χ1v) is 27.3. The number of thioether (sulfide) groups is 1. The Bertz CT molecular complexity index is 1870. The minimum absolute atomic E-state index is 0.0552. The molecule has 1 aromatic carbocycles. The summed E-state index contributed by atoms with van der Waals surface area (Å²) in [6.07, 6.45) is 3.51. The zero-order valence-corrected chi connectivity index (χ0v) is 47.7. The Labute approximate surface area is 450 Å². The molecule has 21 nitrogen and oxygen atoms in total. The van der Waals surface area contributed by atoms with Crippen LogP contribution < -0.4 is 16.4 Å². The third-order valence-corrected chi connectivity index (χ3v) is 11.9. The molecule has 0 radical (unpaired) electrons. The number of nitrogens with one attached hydrogen (secondary N) is 2. The molecule has 0 aliphatic carbocycles. The number of amides is 4. The number of hydrogen-bond acceptors (Lipinski definition) is 18. The molecule has 4 amide bonds. The molecule has 0 spiro atoms. The second-order valence-corrected chi connectivity index (χ2v) is 21.7. The first-order chi connectivity index (χ1) is 35.7. The summed E-state index contributed by atoms with van der Waals surface area (Å²) in [5.41, 5.74) is 5.47. The van der Waals surface area contributed by atoms with Gasteiger partial charge in [0.15, 0.2) is 0 Å². The second-order valence-electron chi connectivity index (χ2n) is 20.9. The molecule has 22 heteroatoms. The van der Waals surface area contributed by atoms with Crippen LogP contribution in [-0.4, -0.2) is 202 Å². The fourth-order valence-electron chi connectivity index (χ4n) is 6.39. The highest BCUT2D eigenvalue weighted by molar-refractivity contribution is 7.98. The Kier molecular flexibility index (Phi) is 34.0. The molecule has 0 aliphatic rings. The van der Waals surface area contributed by atoms with Gasteiger partial charge in [-0.2, -0.15) is 0 Å². The molecule has 0 atom stereocenters. The normalized spacial score (nSPS) is 12.3. The molecule has 0 saturated heterocycles. The van der Waals surface area contributed by atoms with Crippen LogP contribution in [-0.2, 0) is 61.8 Å². The number of hydrogen-bond donors (Lipinski definition) is 3. The van der Waals surface area contributed by atoms with Crippen molar-refractivity contribution in [3.05, 3.63) is 29.8 Å². The van der Waals surface area contributed by atoms with Gasteiger partial charge in [-0.05, 0) is 56.2 Å². The molecule has 75 heavy (non-hydrogen) atoms. The van der Waals surface area contributed by atoms with Crippen molar-refractivity contribution in [3.8, 4) is 11.5 Å². The van der Waals surface area contributed by atoms with Crippen molar-refractivity contribution < 1.29 is 71.0 Å². The molecule has 0 saturated carbocycles. The summed E-state index contributed by atoms with van der Waals surface area (Å²) in [7, 11) is 0. The maximum Gasteiger partial charge on any atom is 0.276 e. The van der Waals surface area contributed by atoms with Crippen molar-refractivity contribution in [2.24, 2.45) is 22.0 Å². The van der Waals surface area contributed by atoms with Crippen LogP contribution in [0.3, 0.4) is 0 Å². The lowest BCUT2D eigenvalue weighted by molar-refractivity contribution is -0.127. The quantitative estimate of drug-likeness (QED) is 0.0567. The second kappa shape index (κ2) is 37.9. The van der Waals surface area contributed by atoms with E-state index in [0.29, 0.717) is 161 Å². The SMILES string of the molecule is CCC(C)(C)COCC(C)(C)CNC(=O)CCOCCOCCOCCOCCN(CCOCCOCCOCCOCCC(=O)NCC(C)(C)COC(C)(C)CC(N)=O)C(=O)c1ccc(-c2nnc(SC)o2)cc1. The van der Waals surface area contributed by atoms with E-state index >= 15 is 0 Å². The van der Waals surface area contributed by atoms with E-state index < -0.39 is 11.5 Å². The number of carbonyl (C=O) groups is 4. The molecule has 0 unspecified atom stereocenters. The van der Waals surface area contributed by atoms with Crippen LogP contribution in [0.2, 0.25) is 0 Å². The molecule has 2 rings (SSSR count). The lowest BCUT2D eigenvalue weighted by Gasteiger charge is -2.31. The molecule has 1 aromatic heterocycles. The minimum Gasteiger partial charge on any atom is -0.411 e. The first kappa shape index (κ1) is 67.3. The molecule has 1 heterocycles.